The Morgan fingerprint density at radius 1 is 1.11 bits per heavy atom. The molecule has 1 atom stereocenters. The van der Waals surface area contributed by atoms with E-state index < -0.39 is 17.8 Å². The largest absolute Gasteiger partial charge is 0.435 e. The molecule has 3 aromatic rings. The number of nitrogens with zero attached hydrogens (tertiary/aromatic N) is 7. The fraction of sp³-hybridized carbons (Fsp3) is 0.467. The number of rotatable bonds is 6. The predicted molar refractivity (Wildman–Crippen MR) is 161 cm³/mol. The third-order valence-electron chi connectivity index (χ3n) is 8.26. The molecule has 2 aliphatic rings. The molecule has 16 heteroatoms. The predicted octanol–water partition coefficient (Wildman–Crippen LogP) is 2.88. The number of aromatic amines is 1. The van der Waals surface area contributed by atoms with Crippen molar-refractivity contribution >= 4 is 23.5 Å². The fourth-order valence-corrected chi connectivity index (χ4v) is 5.86. The number of hydrogen-bond donors (Lipinski definition) is 3. The molecule has 4 heterocycles. The van der Waals surface area contributed by atoms with Crippen molar-refractivity contribution in [2.24, 2.45) is 7.05 Å². The van der Waals surface area contributed by atoms with Crippen molar-refractivity contribution in [3.63, 3.8) is 0 Å². The maximum Gasteiger partial charge on any atom is 0.435 e. The summed E-state index contributed by atoms with van der Waals surface area (Å²) < 4.78 is 42.2. The number of anilines is 1. The number of nitriles is 1. The monoisotopic (exact) mass is 640 g/mol. The lowest BCUT2D eigenvalue weighted by Gasteiger charge is -2.40. The quantitative estimate of drug-likeness (QED) is 0.374. The number of carbonyl (C=O) groups is 3. The summed E-state index contributed by atoms with van der Waals surface area (Å²) in [7, 11) is 1.40. The molecule has 2 aliphatic heterocycles. The first kappa shape index (κ1) is 32.5. The molecule has 1 aromatic carbocycles. The fourth-order valence-electron chi connectivity index (χ4n) is 5.86. The number of carbonyl (C=O) groups excluding carboxylic acids is 3. The van der Waals surface area contributed by atoms with Crippen LogP contribution in [-0.2, 0) is 26.1 Å². The van der Waals surface area contributed by atoms with Gasteiger partial charge >= 0.3 is 12.2 Å². The van der Waals surface area contributed by atoms with Crippen LogP contribution in [0.3, 0.4) is 0 Å². The molecule has 2 saturated heterocycles. The van der Waals surface area contributed by atoms with Crippen LogP contribution < -0.4 is 10.6 Å². The lowest BCUT2D eigenvalue weighted by Crippen LogP contribution is -2.58. The van der Waals surface area contributed by atoms with Crippen LogP contribution in [0.5, 0.6) is 0 Å². The normalized spacial score (nSPS) is 17.2. The number of piperazine rings is 2. The zero-order valence-electron chi connectivity index (χ0n) is 25.7. The van der Waals surface area contributed by atoms with Crippen LogP contribution in [0.1, 0.15) is 51.8 Å². The lowest BCUT2D eigenvalue weighted by atomic mass is 10.0. The molecule has 0 bridgehead atoms. The van der Waals surface area contributed by atoms with E-state index in [0.29, 0.717) is 62.5 Å². The maximum absolute atomic E-state index is 13.7. The highest BCUT2D eigenvalue weighted by Crippen LogP contribution is 2.38. The van der Waals surface area contributed by atoms with Crippen molar-refractivity contribution in [2.75, 3.05) is 51.1 Å². The first-order chi connectivity index (χ1) is 21.9. The Labute approximate surface area is 263 Å². The van der Waals surface area contributed by atoms with Gasteiger partial charge in [-0.25, -0.2) is 9.78 Å². The Morgan fingerprint density at radius 3 is 2.48 bits per heavy atom. The minimum Gasteiger partial charge on any atom is -0.335 e. The van der Waals surface area contributed by atoms with Gasteiger partial charge in [0.05, 0.1) is 35.6 Å². The number of urea groups is 1. The zero-order valence-corrected chi connectivity index (χ0v) is 25.7. The first-order valence-corrected chi connectivity index (χ1v) is 15.0. The van der Waals surface area contributed by atoms with Crippen LogP contribution in [0.25, 0.3) is 11.3 Å². The minimum absolute atomic E-state index is 0.0113. The Hall–Kier alpha value is -4.91. The molecule has 0 aliphatic carbocycles. The summed E-state index contributed by atoms with van der Waals surface area (Å²) in [5.41, 5.74) is -0.0550. The number of nitrogens with one attached hydrogen (secondary N) is 3. The van der Waals surface area contributed by atoms with Gasteiger partial charge in [0.1, 0.15) is 0 Å². The van der Waals surface area contributed by atoms with Crippen molar-refractivity contribution in [2.45, 2.75) is 38.9 Å². The second-order valence-electron chi connectivity index (χ2n) is 11.3. The number of aromatic nitrogens is 4. The summed E-state index contributed by atoms with van der Waals surface area (Å²) in [6.45, 7) is 7.65. The molecule has 3 N–H and O–H groups in total. The van der Waals surface area contributed by atoms with Gasteiger partial charge in [-0.2, -0.15) is 23.5 Å². The van der Waals surface area contributed by atoms with Gasteiger partial charge < -0.3 is 29.9 Å². The molecule has 244 valence electrons. The smallest absolute Gasteiger partial charge is 0.335 e. The molecule has 0 spiro atoms. The maximum atomic E-state index is 13.7. The molecule has 2 fully saturated rings. The van der Waals surface area contributed by atoms with Gasteiger partial charge in [0.2, 0.25) is 0 Å². The average molecular weight is 641 g/mol. The van der Waals surface area contributed by atoms with Crippen molar-refractivity contribution in [3.8, 4) is 17.3 Å². The summed E-state index contributed by atoms with van der Waals surface area (Å²) in [5, 5.41) is 20.7. The van der Waals surface area contributed by atoms with Gasteiger partial charge in [0.15, 0.2) is 11.5 Å². The van der Waals surface area contributed by atoms with Crippen LogP contribution >= 0.6 is 0 Å². The van der Waals surface area contributed by atoms with E-state index in [9.17, 15) is 27.6 Å². The van der Waals surface area contributed by atoms with Crippen LogP contribution in [0.4, 0.5) is 23.7 Å². The first-order valence-electron chi connectivity index (χ1n) is 15.0. The number of H-pyrrole nitrogens is 1. The number of amides is 4. The summed E-state index contributed by atoms with van der Waals surface area (Å²) in [6.07, 6.45) is -3.51. The van der Waals surface area contributed by atoms with Crippen molar-refractivity contribution in [1.82, 2.24) is 39.8 Å². The van der Waals surface area contributed by atoms with E-state index in [1.165, 1.54) is 11.6 Å². The number of hydrogen-bond acceptors (Lipinski definition) is 7. The Kier molecular flexibility index (Phi) is 9.33. The molecule has 13 nitrogen and oxygen atoms in total. The zero-order chi connectivity index (χ0) is 33.2. The summed E-state index contributed by atoms with van der Waals surface area (Å²) in [5.74, 6) is -0.998. The number of imidazole rings is 1. The van der Waals surface area contributed by atoms with Gasteiger partial charge in [0.25, 0.3) is 11.8 Å². The number of aryl methyl sites for hydroxylation is 1. The molecule has 46 heavy (non-hydrogen) atoms. The molecule has 2 aromatic heterocycles. The standard InChI is InChI=1S/C30H35F3N10O3/c1-4-19-15-20(5-6-21(19)28(45)41-11-13-42(14-12-41)29(46)43-10-9-35-18(2)17-43)37-27(44)26-36-16-23(40(26)3)24-22(7-8-34)38-39-25(24)30(31,32)33/h5-6,15-16,18,35H,4,7,9-14,17H2,1-3H3,(H,37,44)(H,38,39). The van der Waals surface area contributed by atoms with E-state index in [1.54, 1.807) is 28.0 Å². The highest BCUT2D eigenvalue weighted by atomic mass is 19.4. The molecular weight excluding hydrogens is 605 g/mol. The molecular formula is C30H35F3N10O3. The van der Waals surface area contributed by atoms with Gasteiger partial charge in [0, 0.05) is 70.2 Å². The van der Waals surface area contributed by atoms with E-state index in [2.05, 4.69) is 25.8 Å². The van der Waals surface area contributed by atoms with Crippen LogP contribution in [0.2, 0.25) is 0 Å². The Bertz CT molecular complexity index is 1670. The number of benzene rings is 1. The second kappa shape index (κ2) is 13.2. The van der Waals surface area contributed by atoms with E-state index in [4.69, 9.17) is 5.26 Å². The molecule has 0 saturated carbocycles. The summed E-state index contributed by atoms with van der Waals surface area (Å²) in [4.78, 5) is 49.0. The van der Waals surface area contributed by atoms with Gasteiger partial charge in [-0.05, 0) is 37.1 Å². The van der Waals surface area contributed by atoms with E-state index in [-0.39, 0.29) is 47.2 Å². The molecule has 5 rings (SSSR count). The third kappa shape index (κ3) is 6.54. The van der Waals surface area contributed by atoms with Crippen LogP contribution in [-0.4, -0.2) is 104 Å². The third-order valence-corrected chi connectivity index (χ3v) is 8.26. The van der Waals surface area contributed by atoms with Crippen molar-refractivity contribution in [1.29, 1.82) is 5.26 Å². The number of halogens is 3. The molecule has 1 unspecified atom stereocenters. The Balaban J connectivity index is 1.27. The summed E-state index contributed by atoms with van der Waals surface area (Å²) in [6, 6.07) is 6.94. The van der Waals surface area contributed by atoms with E-state index in [1.807, 2.05) is 24.8 Å². The average Bonchev–Trinajstić information content (AvgIpc) is 3.63. The van der Waals surface area contributed by atoms with Gasteiger partial charge in [-0.3, -0.25) is 14.7 Å². The highest BCUT2D eigenvalue weighted by molar-refractivity contribution is 6.03. The van der Waals surface area contributed by atoms with E-state index >= 15 is 0 Å². The van der Waals surface area contributed by atoms with Crippen LogP contribution in [0, 0.1) is 11.3 Å². The Morgan fingerprint density at radius 2 is 1.83 bits per heavy atom. The number of alkyl halides is 3. The molecule has 4 amide bonds. The van der Waals surface area contributed by atoms with Gasteiger partial charge in [-0.1, -0.05) is 6.92 Å². The SMILES string of the molecule is CCc1cc(NC(=O)c2ncc(-c3c(C(F)(F)F)n[nH]c3CC#N)n2C)ccc1C(=O)N1CCN(C(=O)N2CCNC(C)C2)CC1. The van der Waals surface area contributed by atoms with Crippen molar-refractivity contribution in [3.05, 3.63) is 52.7 Å². The molecule has 0 radical (unpaired) electrons. The minimum atomic E-state index is -4.79. The second-order valence-corrected chi connectivity index (χ2v) is 11.3. The van der Waals surface area contributed by atoms with Gasteiger partial charge in [-0.15, -0.1) is 0 Å². The topological polar surface area (TPSA) is 155 Å². The summed E-state index contributed by atoms with van der Waals surface area (Å²) >= 11 is 0. The van der Waals surface area contributed by atoms with E-state index in [0.717, 1.165) is 12.7 Å². The van der Waals surface area contributed by atoms with Crippen molar-refractivity contribution < 1.29 is 27.6 Å². The van der Waals surface area contributed by atoms with Crippen LogP contribution in [0.15, 0.2) is 24.4 Å². The highest BCUT2D eigenvalue weighted by Gasteiger charge is 2.39. The lowest BCUT2D eigenvalue weighted by molar-refractivity contribution is -0.140.